The first-order valence-corrected chi connectivity index (χ1v) is 11.6. The average molecular weight is 215 g/mol. The van der Waals surface area contributed by atoms with Crippen LogP contribution in [0.2, 0.25) is 39.3 Å². The molecule has 1 amide bonds. The molecule has 0 aromatic heterocycles. The number of hydrogen-bond acceptors (Lipinski definition) is 1. The fourth-order valence-electron chi connectivity index (χ4n) is 0.757. The summed E-state index contributed by atoms with van der Waals surface area (Å²) < 4.78 is 0. The van der Waals surface area contributed by atoms with Crippen LogP contribution in [0.3, 0.4) is 0 Å². The van der Waals surface area contributed by atoms with Crippen molar-refractivity contribution in [1.29, 1.82) is 0 Å². The van der Waals surface area contributed by atoms with Crippen molar-refractivity contribution in [3.8, 4) is 0 Å². The first-order valence-electron chi connectivity index (χ1n) is 4.56. The summed E-state index contributed by atoms with van der Waals surface area (Å²) in [6.07, 6.45) is 0. The van der Waals surface area contributed by atoms with Crippen LogP contribution in [-0.4, -0.2) is 22.2 Å². The fourth-order valence-corrected chi connectivity index (χ4v) is 2.46. The number of carbonyl (C=O) groups excluding carboxylic acids is 1. The molecule has 0 radical (unpaired) electrons. The molecular weight excluding hydrogens is 194 g/mol. The molecule has 4 heteroatoms. The third kappa shape index (κ3) is 5.05. The lowest BCUT2D eigenvalue weighted by Crippen LogP contribution is -2.48. The third-order valence-electron chi connectivity index (χ3n) is 1.67. The van der Waals surface area contributed by atoms with Gasteiger partial charge in [-0.25, -0.2) is 0 Å². The molecule has 2 nitrogen and oxygen atoms in total. The maximum Gasteiger partial charge on any atom is 0.234 e. The Balaban J connectivity index is 4.40. The third-order valence-corrected chi connectivity index (χ3v) is 4.68. The van der Waals surface area contributed by atoms with Crippen molar-refractivity contribution < 1.29 is 4.79 Å². The van der Waals surface area contributed by atoms with Crippen molar-refractivity contribution in [2.75, 3.05) is 0 Å². The Hall–Kier alpha value is -0.356. The van der Waals surface area contributed by atoms with Crippen molar-refractivity contribution in [3.05, 3.63) is 11.8 Å². The Bertz CT molecular complexity index is 223. The number of nitrogens with one attached hydrogen (secondary N) is 1. The molecular formula is C9H21NOSi2. The van der Waals surface area contributed by atoms with E-state index in [1.807, 2.05) is 0 Å². The van der Waals surface area contributed by atoms with E-state index in [1.165, 1.54) is 0 Å². The quantitative estimate of drug-likeness (QED) is 0.568. The topological polar surface area (TPSA) is 29.1 Å². The first kappa shape index (κ1) is 12.6. The molecule has 0 bridgehead atoms. The summed E-state index contributed by atoms with van der Waals surface area (Å²) in [6.45, 7) is 16.6. The Morgan fingerprint density at radius 1 is 1.08 bits per heavy atom. The van der Waals surface area contributed by atoms with Gasteiger partial charge in [0.25, 0.3) is 0 Å². The predicted octanol–water partition coefficient (Wildman–Crippen LogP) is 2.37. The van der Waals surface area contributed by atoms with Gasteiger partial charge in [-0.05, 0) is 5.20 Å². The normalized spacial score (nSPS) is 12.5. The van der Waals surface area contributed by atoms with Gasteiger partial charge in [-0.15, -0.1) is 0 Å². The summed E-state index contributed by atoms with van der Waals surface area (Å²) in [5.74, 6) is 0.0679. The minimum Gasteiger partial charge on any atom is -0.379 e. The molecule has 76 valence electrons. The minimum atomic E-state index is -1.51. The zero-order valence-corrected chi connectivity index (χ0v) is 11.6. The molecule has 0 aliphatic carbocycles. The molecule has 0 unspecified atom stereocenters. The average Bonchev–Trinajstić information content (AvgIpc) is 1.79. The summed E-state index contributed by atoms with van der Waals surface area (Å²) in [5.41, 5.74) is 0. The van der Waals surface area contributed by atoms with Gasteiger partial charge >= 0.3 is 0 Å². The predicted molar refractivity (Wildman–Crippen MR) is 64.0 cm³/mol. The molecule has 1 N–H and O–H groups in total. The summed E-state index contributed by atoms with van der Waals surface area (Å²) in [7, 11) is -3.01. The van der Waals surface area contributed by atoms with Crippen LogP contribution in [-0.2, 0) is 4.79 Å². The molecule has 0 aliphatic rings. The van der Waals surface area contributed by atoms with Gasteiger partial charge in [0, 0.05) is 0 Å². The molecule has 0 saturated carbocycles. The zero-order valence-electron chi connectivity index (χ0n) is 9.62. The van der Waals surface area contributed by atoms with E-state index in [2.05, 4.69) is 50.8 Å². The fraction of sp³-hybridized carbons (Fsp3) is 0.667. The number of hydrogen-bond donors (Lipinski definition) is 1. The van der Waals surface area contributed by atoms with E-state index in [9.17, 15) is 4.79 Å². The molecule has 0 atom stereocenters. The van der Waals surface area contributed by atoms with E-state index in [0.29, 0.717) is 0 Å². The van der Waals surface area contributed by atoms with Crippen molar-refractivity contribution in [3.63, 3.8) is 0 Å². The molecule has 13 heavy (non-hydrogen) atoms. The molecule has 0 rings (SSSR count). The standard InChI is InChI=1S/C9H21NOSi2/c1-8(12(2,3)4)9(11)10-13(5,6)7/h1H2,2-7H3,(H,10,11). The van der Waals surface area contributed by atoms with Gasteiger partial charge in [-0.1, -0.05) is 45.9 Å². The van der Waals surface area contributed by atoms with Gasteiger partial charge in [0.2, 0.25) is 5.91 Å². The SMILES string of the molecule is C=C(C(=O)N[Si](C)(C)C)[Si](C)(C)C. The minimum absolute atomic E-state index is 0.0679. The molecule has 0 heterocycles. The van der Waals surface area contributed by atoms with E-state index >= 15 is 0 Å². The molecule has 0 aromatic carbocycles. The van der Waals surface area contributed by atoms with Crippen molar-refractivity contribution in [2.24, 2.45) is 0 Å². The summed E-state index contributed by atoms with van der Waals surface area (Å²) >= 11 is 0. The van der Waals surface area contributed by atoms with Gasteiger partial charge in [0.15, 0.2) is 0 Å². The second-order valence-electron chi connectivity index (χ2n) is 5.43. The van der Waals surface area contributed by atoms with Crippen LogP contribution in [0.5, 0.6) is 0 Å². The molecule has 0 saturated heterocycles. The highest BCUT2D eigenvalue weighted by Crippen LogP contribution is 2.12. The monoisotopic (exact) mass is 215 g/mol. The number of carbonyl (C=O) groups is 1. The maximum atomic E-state index is 11.7. The maximum absolute atomic E-state index is 11.7. The van der Waals surface area contributed by atoms with Crippen LogP contribution in [0, 0.1) is 0 Å². The lowest BCUT2D eigenvalue weighted by molar-refractivity contribution is -0.115. The first-order chi connectivity index (χ1) is 5.54. The number of amides is 1. The van der Waals surface area contributed by atoms with E-state index in [4.69, 9.17) is 0 Å². The lowest BCUT2D eigenvalue weighted by atomic mass is 10.6. The van der Waals surface area contributed by atoms with Crippen LogP contribution in [0.4, 0.5) is 0 Å². The molecule has 0 aliphatic heterocycles. The van der Waals surface area contributed by atoms with E-state index in [-0.39, 0.29) is 5.91 Å². The second-order valence-corrected chi connectivity index (χ2v) is 15.3. The second kappa shape index (κ2) is 3.80. The highest BCUT2D eigenvalue weighted by Gasteiger charge is 2.26. The smallest absolute Gasteiger partial charge is 0.234 e. The Kier molecular flexibility index (Phi) is 3.69. The van der Waals surface area contributed by atoms with E-state index < -0.39 is 16.3 Å². The number of rotatable bonds is 3. The van der Waals surface area contributed by atoms with Crippen LogP contribution >= 0.6 is 0 Å². The van der Waals surface area contributed by atoms with Crippen LogP contribution in [0.1, 0.15) is 0 Å². The molecule has 0 spiro atoms. The largest absolute Gasteiger partial charge is 0.379 e. The van der Waals surface area contributed by atoms with Crippen LogP contribution in [0.15, 0.2) is 11.8 Å². The van der Waals surface area contributed by atoms with E-state index in [1.54, 1.807) is 0 Å². The molecule has 0 fully saturated rings. The van der Waals surface area contributed by atoms with Gasteiger partial charge < -0.3 is 4.98 Å². The zero-order chi connectivity index (χ0) is 10.9. The van der Waals surface area contributed by atoms with Gasteiger partial charge in [-0.2, -0.15) is 0 Å². The van der Waals surface area contributed by atoms with Crippen molar-refractivity contribution in [2.45, 2.75) is 39.3 Å². The van der Waals surface area contributed by atoms with Crippen molar-refractivity contribution >= 4 is 22.2 Å². The Morgan fingerprint density at radius 3 is 1.69 bits per heavy atom. The Labute approximate surface area is 83.5 Å². The van der Waals surface area contributed by atoms with Gasteiger partial charge in [-0.3, -0.25) is 4.79 Å². The highest BCUT2D eigenvalue weighted by molar-refractivity contribution is 6.88. The summed E-state index contributed by atoms with van der Waals surface area (Å²) in [6, 6.07) is 0. The van der Waals surface area contributed by atoms with Gasteiger partial charge in [0.05, 0.1) is 8.07 Å². The van der Waals surface area contributed by atoms with Gasteiger partial charge in [0.1, 0.15) is 8.24 Å². The summed E-state index contributed by atoms with van der Waals surface area (Å²) in [5, 5.41) is 0.801. The van der Waals surface area contributed by atoms with Crippen LogP contribution < -0.4 is 4.98 Å². The Morgan fingerprint density at radius 2 is 1.46 bits per heavy atom. The van der Waals surface area contributed by atoms with Crippen molar-refractivity contribution in [1.82, 2.24) is 4.98 Å². The highest BCUT2D eigenvalue weighted by atomic mass is 28.3. The summed E-state index contributed by atoms with van der Waals surface area (Å²) in [4.78, 5) is 14.7. The van der Waals surface area contributed by atoms with E-state index in [0.717, 1.165) is 5.20 Å². The molecule has 0 aromatic rings. The van der Waals surface area contributed by atoms with Crippen LogP contribution in [0.25, 0.3) is 0 Å². The lowest BCUT2D eigenvalue weighted by Gasteiger charge is -2.24.